The fraction of sp³-hybridized carbons (Fsp3) is 0.316. The summed E-state index contributed by atoms with van der Waals surface area (Å²) in [6, 6.07) is 14.9. The van der Waals surface area contributed by atoms with Crippen LogP contribution in [0.25, 0.3) is 0 Å². The van der Waals surface area contributed by atoms with Gasteiger partial charge in [-0.05, 0) is 35.2 Å². The molecule has 0 atom stereocenters. The summed E-state index contributed by atoms with van der Waals surface area (Å²) >= 11 is 0. The van der Waals surface area contributed by atoms with Gasteiger partial charge in [-0.2, -0.15) is 13.2 Å². The van der Waals surface area contributed by atoms with Crippen molar-refractivity contribution in [2.75, 3.05) is 11.9 Å². The minimum atomic E-state index is -4.32. The topological polar surface area (TPSA) is 59.6 Å². The molecule has 0 saturated carbocycles. The number of benzene rings is 2. The number of aliphatic imine (C=N–C) groups is 1. The third kappa shape index (κ3) is 9.09. The molecule has 4 nitrogen and oxygen atoms in total. The van der Waals surface area contributed by atoms with Crippen LogP contribution in [0.5, 0.6) is 0 Å². The van der Waals surface area contributed by atoms with Crippen LogP contribution in [-0.2, 0) is 24.3 Å². The number of nitrogens with zero attached hydrogens (tertiary/aromatic N) is 1. The van der Waals surface area contributed by atoms with Gasteiger partial charge >= 0.3 is 6.18 Å². The van der Waals surface area contributed by atoms with E-state index < -0.39 is 12.8 Å². The molecule has 0 aliphatic carbocycles. The summed E-state index contributed by atoms with van der Waals surface area (Å²) in [6.45, 7) is 1.03. The molecule has 8 heteroatoms. The Morgan fingerprint density at radius 3 is 2.44 bits per heavy atom. The molecule has 0 spiro atoms. The molecular weight excluding hydrogens is 470 g/mol. The lowest BCUT2D eigenvalue weighted by atomic mass is 10.1. The third-order valence-electron chi connectivity index (χ3n) is 3.57. The number of anilines is 1. The van der Waals surface area contributed by atoms with Crippen LogP contribution in [-0.4, -0.2) is 18.7 Å². The first kappa shape index (κ1) is 23.2. The van der Waals surface area contributed by atoms with Gasteiger partial charge in [0.2, 0.25) is 0 Å². The van der Waals surface area contributed by atoms with Crippen molar-refractivity contribution in [1.82, 2.24) is 0 Å². The molecule has 0 aromatic heterocycles. The van der Waals surface area contributed by atoms with E-state index in [9.17, 15) is 13.2 Å². The summed E-state index contributed by atoms with van der Waals surface area (Å²) < 4.78 is 41.0. The van der Waals surface area contributed by atoms with Gasteiger partial charge in [0.15, 0.2) is 5.96 Å². The van der Waals surface area contributed by atoms with Crippen LogP contribution < -0.4 is 11.1 Å². The van der Waals surface area contributed by atoms with Crippen molar-refractivity contribution in [1.29, 1.82) is 0 Å². The molecule has 0 amide bonds. The predicted molar refractivity (Wildman–Crippen MR) is 112 cm³/mol. The zero-order valence-corrected chi connectivity index (χ0v) is 17.3. The van der Waals surface area contributed by atoms with E-state index in [1.54, 1.807) is 18.2 Å². The summed E-state index contributed by atoms with van der Waals surface area (Å²) in [4.78, 5) is 4.27. The van der Waals surface area contributed by atoms with Gasteiger partial charge in [-0.3, -0.25) is 0 Å². The zero-order valence-electron chi connectivity index (χ0n) is 14.9. The molecule has 3 N–H and O–H groups in total. The first-order valence-electron chi connectivity index (χ1n) is 8.24. The SMILES string of the molecule is CCc1cccc(NC(N)=NCc2cccc(COCC(F)(F)F)c2)c1.I. The van der Waals surface area contributed by atoms with Crippen LogP contribution in [0.3, 0.4) is 0 Å². The van der Waals surface area contributed by atoms with Crippen molar-refractivity contribution in [2.24, 2.45) is 10.7 Å². The molecule has 0 unspecified atom stereocenters. The van der Waals surface area contributed by atoms with Gasteiger partial charge in [0.05, 0.1) is 13.2 Å². The molecule has 0 fully saturated rings. The van der Waals surface area contributed by atoms with Crippen molar-refractivity contribution in [3.05, 3.63) is 65.2 Å². The van der Waals surface area contributed by atoms with Crippen LogP contribution in [0.1, 0.15) is 23.6 Å². The van der Waals surface area contributed by atoms with E-state index in [1.807, 2.05) is 30.3 Å². The Hall–Kier alpha value is -1.81. The normalized spacial score (nSPS) is 11.8. The largest absolute Gasteiger partial charge is 0.411 e. The molecule has 0 radical (unpaired) electrons. The second-order valence-corrected chi connectivity index (χ2v) is 5.81. The molecule has 2 rings (SSSR count). The minimum absolute atomic E-state index is 0. The van der Waals surface area contributed by atoms with Gasteiger partial charge in [0.1, 0.15) is 6.61 Å². The van der Waals surface area contributed by atoms with Crippen LogP contribution in [0.4, 0.5) is 18.9 Å². The molecule has 0 saturated heterocycles. The summed E-state index contributed by atoms with van der Waals surface area (Å²) in [5, 5.41) is 3.03. The third-order valence-corrected chi connectivity index (χ3v) is 3.57. The average Bonchev–Trinajstić information content (AvgIpc) is 2.59. The summed E-state index contributed by atoms with van der Waals surface area (Å²) in [6.07, 6.45) is -3.40. The van der Waals surface area contributed by atoms with Gasteiger partial charge in [0, 0.05) is 5.69 Å². The predicted octanol–water partition coefficient (Wildman–Crippen LogP) is 4.87. The van der Waals surface area contributed by atoms with Gasteiger partial charge in [-0.25, -0.2) is 4.99 Å². The molecule has 0 bridgehead atoms. The first-order chi connectivity index (χ1) is 12.4. The maximum Gasteiger partial charge on any atom is 0.411 e. The number of hydrogen-bond acceptors (Lipinski definition) is 2. The number of rotatable bonds is 7. The number of halogens is 4. The van der Waals surface area contributed by atoms with Crippen LogP contribution >= 0.6 is 24.0 Å². The summed E-state index contributed by atoms with van der Waals surface area (Å²) in [7, 11) is 0. The lowest BCUT2D eigenvalue weighted by Crippen LogP contribution is -2.22. The highest BCUT2D eigenvalue weighted by atomic mass is 127. The Morgan fingerprint density at radius 2 is 1.74 bits per heavy atom. The second-order valence-electron chi connectivity index (χ2n) is 5.81. The lowest BCUT2D eigenvalue weighted by Gasteiger charge is -2.09. The van der Waals surface area contributed by atoms with Gasteiger partial charge < -0.3 is 15.8 Å². The van der Waals surface area contributed by atoms with E-state index in [0.29, 0.717) is 12.1 Å². The van der Waals surface area contributed by atoms with E-state index >= 15 is 0 Å². The highest BCUT2D eigenvalue weighted by Crippen LogP contribution is 2.16. The molecule has 0 aliphatic heterocycles. The monoisotopic (exact) mass is 493 g/mol. The van der Waals surface area contributed by atoms with Crippen molar-refractivity contribution in [2.45, 2.75) is 32.7 Å². The Kier molecular flexibility index (Phi) is 9.57. The maximum atomic E-state index is 12.1. The molecule has 148 valence electrons. The first-order valence-corrected chi connectivity index (χ1v) is 8.24. The Bertz CT molecular complexity index is 751. The Morgan fingerprint density at radius 1 is 1.07 bits per heavy atom. The zero-order chi connectivity index (χ0) is 19.0. The van der Waals surface area contributed by atoms with Crippen molar-refractivity contribution >= 4 is 35.6 Å². The van der Waals surface area contributed by atoms with E-state index in [4.69, 9.17) is 5.73 Å². The van der Waals surface area contributed by atoms with Crippen LogP contribution in [0.2, 0.25) is 0 Å². The fourth-order valence-corrected chi connectivity index (χ4v) is 2.34. The van der Waals surface area contributed by atoms with Crippen molar-refractivity contribution in [3.8, 4) is 0 Å². The van der Waals surface area contributed by atoms with E-state index in [1.165, 1.54) is 5.56 Å². The van der Waals surface area contributed by atoms with Gasteiger partial charge in [0.25, 0.3) is 0 Å². The molecule has 0 aliphatic rings. The van der Waals surface area contributed by atoms with Crippen molar-refractivity contribution < 1.29 is 17.9 Å². The highest BCUT2D eigenvalue weighted by molar-refractivity contribution is 14.0. The summed E-state index contributed by atoms with van der Waals surface area (Å²) in [5.41, 5.74) is 9.45. The number of nitrogens with one attached hydrogen (secondary N) is 1. The molecule has 2 aromatic carbocycles. The minimum Gasteiger partial charge on any atom is -0.370 e. The number of guanidine groups is 1. The van der Waals surface area contributed by atoms with Crippen LogP contribution in [0.15, 0.2) is 53.5 Å². The smallest absolute Gasteiger partial charge is 0.370 e. The maximum absolute atomic E-state index is 12.1. The molecule has 2 aromatic rings. The Labute approximate surface area is 174 Å². The number of nitrogens with two attached hydrogens (primary N) is 1. The fourth-order valence-electron chi connectivity index (χ4n) is 2.34. The van der Waals surface area contributed by atoms with E-state index in [-0.39, 0.29) is 36.5 Å². The summed E-state index contributed by atoms with van der Waals surface area (Å²) in [5.74, 6) is 0.275. The number of ether oxygens (including phenoxy) is 1. The number of aryl methyl sites for hydroxylation is 1. The molecule has 0 heterocycles. The number of alkyl halides is 3. The quantitative estimate of drug-likeness (QED) is 0.329. The lowest BCUT2D eigenvalue weighted by molar-refractivity contribution is -0.176. The molecular formula is C19H23F3IN3O. The van der Waals surface area contributed by atoms with E-state index in [2.05, 4.69) is 22.0 Å². The number of hydrogen-bond donors (Lipinski definition) is 2. The van der Waals surface area contributed by atoms with E-state index in [0.717, 1.165) is 17.7 Å². The van der Waals surface area contributed by atoms with Crippen LogP contribution in [0, 0.1) is 0 Å². The van der Waals surface area contributed by atoms with Gasteiger partial charge in [-0.15, -0.1) is 24.0 Å². The second kappa shape index (κ2) is 11.1. The van der Waals surface area contributed by atoms with Gasteiger partial charge in [-0.1, -0.05) is 43.3 Å². The highest BCUT2D eigenvalue weighted by Gasteiger charge is 2.27. The average molecular weight is 493 g/mol. The van der Waals surface area contributed by atoms with Crippen molar-refractivity contribution in [3.63, 3.8) is 0 Å². The molecule has 27 heavy (non-hydrogen) atoms. The Balaban J connectivity index is 0.00000364. The standard InChI is InChI=1S/C19H22F3N3O.HI/c1-2-14-5-4-8-17(10-14)25-18(23)24-11-15-6-3-7-16(9-15)12-26-13-19(20,21)22;/h3-10H,2,11-13H2,1H3,(H3,23,24,25);1H.